The van der Waals surface area contributed by atoms with Crippen molar-refractivity contribution in [3.63, 3.8) is 0 Å². The number of pyridine rings is 1. The molecule has 0 amide bonds. The lowest BCUT2D eigenvalue weighted by atomic mass is 10.1. The maximum absolute atomic E-state index is 11.0. The molecule has 0 spiro atoms. The third kappa shape index (κ3) is 3.28. The third-order valence-electron chi connectivity index (χ3n) is 2.31. The molecule has 0 aliphatic rings. The van der Waals surface area contributed by atoms with Crippen LogP contribution >= 0.6 is 0 Å². The van der Waals surface area contributed by atoms with Crippen LogP contribution in [0.15, 0.2) is 48.8 Å². The smallest absolute Gasteiger partial charge is 0.308 e. The number of rotatable bonds is 3. The highest BCUT2D eigenvalue weighted by Gasteiger charge is 2.02. The molecular formula is C15H13NO2. The van der Waals surface area contributed by atoms with E-state index in [9.17, 15) is 4.79 Å². The van der Waals surface area contributed by atoms with E-state index in [4.69, 9.17) is 4.74 Å². The second-order valence-electron chi connectivity index (χ2n) is 3.75. The molecule has 0 atom stereocenters. The minimum Gasteiger partial charge on any atom is -0.426 e. The summed E-state index contributed by atoms with van der Waals surface area (Å²) in [7, 11) is 0. The van der Waals surface area contributed by atoms with Crippen molar-refractivity contribution in [2.45, 2.75) is 6.92 Å². The molecule has 2 rings (SSSR count). The summed E-state index contributed by atoms with van der Waals surface area (Å²) >= 11 is 0. The van der Waals surface area contributed by atoms with Crippen molar-refractivity contribution < 1.29 is 9.53 Å². The molecule has 1 aromatic carbocycles. The third-order valence-corrected chi connectivity index (χ3v) is 2.31. The fourth-order valence-electron chi connectivity index (χ4n) is 1.53. The molecule has 0 N–H and O–H groups in total. The van der Waals surface area contributed by atoms with Crippen molar-refractivity contribution in [3.8, 4) is 5.75 Å². The van der Waals surface area contributed by atoms with E-state index < -0.39 is 0 Å². The number of carbonyl (C=O) groups excluding carboxylic acids is 1. The highest BCUT2D eigenvalue weighted by atomic mass is 16.5. The van der Waals surface area contributed by atoms with Gasteiger partial charge in [-0.2, -0.15) is 0 Å². The summed E-state index contributed by atoms with van der Waals surface area (Å²) in [5, 5.41) is 0. The lowest BCUT2D eigenvalue weighted by Gasteiger charge is -2.04. The van der Waals surface area contributed by atoms with Crippen LogP contribution in [-0.4, -0.2) is 11.0 Å². The summed E-state index contributed by atoms with van der Waals surface area (Å²) < 4.78 is 5.13. The van der Waals surface area contributed by atoms with Crippen molar-refractivity contribution in [3.05, 3.63) is 59.9 Å². The van der Waals surface area contributed by atoms with Crippen LogP contribution in [0.5, 0.6) is 5.75 Å². The van der Waals surface area contributed by atoms with Gasteiger partial charge in [0.1, 0.15) is 5.75 Å². The van der Waals surface area contributed by atoms with Crippen LogP contribution in [-0.2, 0) is 4.79 Å². The van der Waals surface area contributed by atoms with Gasteiger partial charge in [0, 0.05) is 24.9 Å². The zero-order valence-electron chi connectivity index (χ0n) is 10.0. The van der Waals surface area contributed by atoms with Crippen LogP contribution in [0.25, 0.3) is 12.2 Å². The van der Waals surface area contributed by atoms with Crippen LogP contribution in [0.3, 0.4) is 0 Å². The molecule has 3 heteroatoms. The van der Waals surface area contributed by atoms with Gasteiger partial charge in [0.25, 0.3) is 0 Å². The zero-order chi connectivity index (χ0) is 12.8. The standard InChI is InChI=1S/C15H13NO2/c1-12(17)18-15-7-3-2-6-14(15)9-8-13-5-4-10-16-11-13/h2-11H,1H3/b9-8+. The molecule has 1 aromatic heterocycles. The molecule has 3 nitrogen and oxygen atoms in total. The Morgan fingerprint density at radius 2 is 2.00 bits per heavy atom. The van der Waals surface area contributed by atoms with Crippen molar-refractivity contribution in [2.24, 2.45) is 0 Å². The Labute approximate surface area is 106 Å². The average Bonchev–Trinajstić information content (AvgIpc) is 2.38. The van der Waals surface area contributed by atoms with Crippen LogP contribution in [0.1, 0.15) is 18.1 Å². The summed E-state index contributed by atoms with van der Waals surface area (Å²) in [6.45, 7) is 1.39. The van der Waals surface area contributed by atoms with Crippen LogP contribution < -0.4 is 4.74 Å². The molecule has 1 heterocycles. The van der Waals surface area contributed by atoms with Crippen LogP contribution in [0.4, 0.5) is 0 Å². The van der Waals surface area contributed by atoms with E-state index in [1.54, 1.807) is 18.5 Å². The summed E-state index contributed by atoms with van der Waals surface area (Å²) in [5.74, 6) is 0.238. The number of carbonyl (C=O) groups is 1. The summed E-state index contributed by atoms with van der Waals surface area (Å²) in [6, 6.07) is 11.2. The summed E-state index contributed by atoms with van der Waals surface area (Å²) in [6.07, 6.45) is 7.32. The van der Waals surface area contributed by atoms with Crippen molar-refractivity contribution in [2.75, 3.05) is 0 Å². The van der Waals surface area contributed by atoms with E-state index in [0.717, 1.165) is 11.1 Å². The normalized spacial score (nSPS) is 10.5. The maximum atomic E-state index is 11.0. The van der Waals surface area contributed by atoms with Gasteiger partial charge in [0.2, 0.25) is 0 Å². The minimum atomic E-state index is -0.322. The lowest BCUT2D eigenvalue weighted by molar-refractivity contribution is -0.131. The molecule has 0 radical (unpaired) electrons. The molecule has 18 heavy (non-hydrogen) atoms. The van der Waals surface area contributed by atoms with Gasteiger partial charge in [-0.1, -0.05) is 36.4 Å². The number of ether oxygens (including phenoxy) is 1. The van der Waals surface area contributed by atoms with E-state index in [2.05, 4.69) is 4.98 Å². The second-order valence-corrected chi connectivity index (χ2v) is 3.75. The quantitative estimate of drug-likeness (QED) is 0.610. The van der Waals surface area contributed by atoms with Crippen LogP contribution in [0.2, 0.25) is 0 Å². The van der Waals surface area contributed by atoms with Gasteiger partial charge >= 0.3 is 5.97 Å². The number of para-hydroxylation sites is 1. The molecule has 0 fully saturated rings. The summed E-state index contributed by atoms with van der Waals surface area (Å²) in [4.78, 5) is 15.0. The van der Waals surface area contributed by atoms with E-state index in [0.29, 0.717) is 5.75 Å². The maximum Gasteiger partial charge on any atom is 0.308 e. The Bertz CT molecular complexity index is 562. The molecule has 0 saturated carbocycles. The predicted molar refractivity (Wildman–Crippen MR) is 70.9 cm³/mol. The van der Waals surface area contributed by atoms with Gasteiger partial charge in [-0.05, 0) is 17.7 Å². The van der Waals surface area contributed by atoms with E-state index >= 15 is 0 Å². The highest BCUT2D eigenvalue weighted by Crippen LogP contribution is 2.20. The van der Waals surface area contributed by atoms with Crippen molar-refractivity contribution in [1.82, 2.24) is 4.98 Å². The first-order valence-electron chi connectivity index (χ1n) is 5.61. The fourth-order valence-corrected chi connectivity index (χ4v) is 1.53. The molecule has 0 saturated heterocycles. The van der Waals surface area contributed by atoms with E-state index in [1.807, 2.05) is 42.5 Å². The van der Waals surface area contributed by atoms with Gasteiger partial charge in [-0.25, -0.2) is 0 Å². The number of nitrogens with zero attached hydrogens (tertiary/aromatic N) is 1. The number of aromatic nitrogens is 1. The van der Waals surface area contributed by atoms with E-state index in [-0.39, 0.29) is 5.97 Å². The monoisotopic (exact) mass is 239 g/mol. The molecule has 0 aliphatic carbocycles. The van der Waals surface area contributed by atoms with Gasteiger partial charge in [-0.3, -0.25) is 9.78 Å². The first-order chi connectivity index (χ1) is 8.75. The zero-order valence-corrected chi connectivity index (χ0v) is 10.0. The highest BCUT2D eigenvalue weighted by molar-refractivity contribution is 5.76. The van der Waals surface area contributed by atoms with Crippen molar-refractivity contribution >= 4 is 18.1 Å². The molecule has 90 valence electrons. The van der Waals surface area contributed by atoms with Crippen molar-refractivity contribution in [1.29, 1.82) is 0 Å². The Morgan fingerprint density at radius 3 is 2.72 bits per heavy atom. The molecule has 2 aromatic rings. The Balaban J connectivity index is 2.23. The number of hydrogen-bond donors (Lipinski definition) is 0. The molecule has 0 bridgehead atoms. The number of hydrogen-bond acceptors (Lipinski definition) is 3. The topological polar surface area (TPSA) is 39.2 Å². The van der Waals surface area contributed by atoms with Gasteiger partial charge in [0.15, 0.2) is 0 Å². The summed E-state index contributed by atoms with van der Waals surface area (Å²) in [5.41, 5.74) is 1.85. The SMILES string of the molecule is CC(=O)Oc1ccccc1/C=C/c1cccnc1. The van der Waals surface area contributed by atoms with Gasteiger partial charge < -0.3 is 4.74 Å². The molecule has 0 aliphatic heterocycles. The Morgan fingerprint density at radius 1 is 1.17 bits per heavy atom. The van der Waals surface area contributed by atoms with Crippen LogP contribution in [0, 0.1) is 0 Å². The second kappa shape index (κ2) is 5.77. The number of esters is 1. The first-order valence-corrected chi connectivity index (χ1v) is 5.61. The first kappa shape index (κ1) is 12.0. The van der Waals surface area contributed by atoms with E-state index in [1.165, 1.54) is 6.92 Å². The van der Waals surface area contributed by atoms with Gasteiger partial charge in [-0.15, -0.1) is 0 Å². The fraction of sp³-hybridized carbons (Fsp3) is 0.0667. The average molecular weight is 239 g/mol. The Kier molecular flexibility index (Phi) is 3.86. The Hall–Kier alpha value is -2.42. The molecule has 0 unspecified atom stereocenters. The molecular weight excluding hydrogens is 226 g/mol. The largest absolute Gasteiger partial charge is 0.426 e. The lowest BCUT2D eigenvalue weighted by Crippen LogP contribution is -2.02. The minimum absolute atomic E-state index is 0.322. The predicted octanol–water partition coefficient (Wildman–Crippen LogP) is 3.18. The van der Waals surface area contributed by atoms with Gasteiger partial charge in [0.05, 0.1) is 0 Å². The number of benzene rings is 1.